The highest BCUT2D eigenvalue weighted by molar-refractivity contribution is 5.96. The summed E-state index contributed by atoms with van der Waals surface area (Å²) in [6.45, 7) is 13.7. The van der Waals surface area contributed by atoms with Crippen LogP contribution in [0.2, 0.25) is 0 Å². The fourth-order valence-electron chi connectivity index (χ4n) is 3.49. The molecule has 1 heteroatoms. The van der Waals surface area contributed by atoms with Crippen molar-refractivity contribution in [2.75, 3.05) is 4.90 Å². The fourth-order valence-corrected chi connectivity index (χ4v) is 3.49. The van der Waals surface area contributed by atoms with E-state index in [0.29, 0.717) is 0 Å². The highest BCUT2D eigenvalue weighted by atomic mass is 15.2. The van der Waals surface area contributed by atoms with E-state index in [0.717, 1.165) is 6.42 Å². The lowest BCUT2D eigenvalue weighted by molar-refractivity contribution is 0.489. The highest BCUT2D eigenvalue weighted by Crippen LogP contribution is 2.39. The van der Waals surface area contributed by atoms with Gasteiger partial charge in [0.2, 0.25) is 0 Å². The summed E-state index contributed by atoms with van der Waals surface area (Å²) in [5.74, 6) is 0. The summed E-state index contributed by atoms with van der Waals surface area (Å²) in [6.07, 6.45) is 1.07. The van der Waals surface area contributed by atoms with Crippen molar-refractivity contribution in [1.29, 1.82) is 0 Å². The predicted molar refractivity (Wildman–Crippen MR) is 116 cm³/mol. The molecule has 3 aromatic rings. The van der Waals surface area contributed by atoms with Crippen molar-refractivity contribution in [1.82, 2.24) is 0 Å². The van der Waals surface area contributed by atoms with E-state index in [1.807, 2.05) is 0 Å². The summed E-state index contributed by atoms with van der Waals surface area (Å²) < 4.78 is 0. The second kappa shape index (κ2) is 6.79. The normalized spacial score (nSPS) is 12.4. The van der Waals surface area contributed by atoms with Gasteiger partial charge in [-0.3, -0.25) is 0 Å². The van der Waals surface area contributed by atoms with E-state index in [2.05, 4.69) is 113 Å². The molecule has 0 saturated carbocycles. The van der Waals surface area contributed by atoms with E-state index in [9.17, 15) is 0 Å². The Morgan fingerprint density at radius 3 is 1.96 bits per heavy atom. The fraction of sp³-hybridized carbons (Fsp3) is 0.360. The van der Waals surface area contributed by atoms with Crippen molar-refractivity contribution in [3.63, 3.8) is 0 Å². The zero-order valence-electron chi connectivity index (χ0n) is 17.0. The molecule has 3 aromatic carbocycles. The van der Waals surface area contributed by atoms with Crippen molar-refractivity contribution in [2.24, 2.45) is 0 Å². The van der Waals surface area contributed by atoms with Gasteiger partial charge in [0, 0.05) is 22.3 Å². The van der Waals surface area contributed by atoms with Crippen LogP contribution in [0.1, 0.15) is 53.5 Å². The van der Waals surface area contributed by atoms with Crippen LogP contribution in [-0.2, 0) is 5.41 Å². The average molecular weight is 346 g/mol. The van der Waals surface area contributed by atoms with Crippen LogP contribution in [0.15, 0.2) is 66.7 Å². The first-order valence-corrected chi connectivity index (χ1v) is 9.62. The Hall–Kier alpha value is -2.28. The van der Waals surface area contributed by atoms with Gasteiger partial charge >= 0.3 is 0 Å². The van der Waals surface area contributed by atoms with E-state index < -0.39 is 0 Å². The van der Waals surface area contributed by atoms with Crippen LogP contribution in [-0.4, -0.2) is 5.54 Å². The molecular formula is C25H31N. The molecule has 0 atom stereocenters. The third-order valence-corrected chi connectivity index (χ3v) is 5.47. The molecular weight excluding hydrogens is 314 g/mol. The number of benzene rings is 3. The van der Waals surface area contributed by atoms with E-state index in [4.69, 9.17) is 0 Å². The molecule has 0 saturated heterocycles. The second-order valence-electron chi connectivity index (χ2n) is 8.80. The molecule has 0 heterocycles. The van der Waals surface area contributed by atoms with E-state index >= 15 is 0 Å². The molecule has 0 unspecified atom stereocenters. The Labute approximate surface area is 158 Å². The first-order valence-electron chi connectivity index (χ1n) is 9.62. The Kier molecular flexibility index (Phi) is 4.84. The summed E-state index contributed by atoms with van der Waals surface area (Å²) in [4.78, 5) is 2.50. The third kappa shape index (κ3) is 3.49. The number of anilines is 2. The summed E-state index contributed by atoms with van der Waals surface area (Å²) >= 11 is 0. The molecule has 0 spiro atoms. The predicted octanol–water partition coefficient (Wildman–Crippen LogP) is 7.46. The summed E-state index contributed by atoms with van der Waals surface area (Å²) in [5.41, 5.74) is 4.09. The third-order valence-electron chi connectivity index (χ3n) is 5.47. The largest absolute Gasteiger partial charge is 0.335 e. The Morgan fingerprint density at radius 1 is 0.731 bits per heavy atom. The lowest BCUT2D eigenvalue weighted by atomic mass is 9.86. The molecule has 0 aromatic heterocycles. The van der Waals surface area contributed by atoms with Crippen molar-refractivity contribution < 1.29 is 0 Å². The Balaban J connectivity index is 2.18. The minimum Gasteiger partial charge on any atom is -0.335 e. The van der Waals surface area contributed by atoms with Gasteiger partial charge < -0.3 is 4.90 Å². The Morgan fingerprint density at radius 2 is 1.35 bits per heavy atom. The van der Waals surface area contributed by atoms with Crippen LogP contribution in [0.5, 0.6) is 0 Å². The first kappa shape index (κ1) is 18.5. The van der Waals surface area contributed by atoms with Gasteiger partial charge in [0.25, 0.3) is 0 Å². The van der Waals surface area contributed by atoms with Gasteiger partial charge in [-0.25, -0.2) is 0 Å². The molecule has 0 aliphatic rings. The highest BCUT2D eigenvalue weighted by Gasteiger charge is 2.28. The maximum Gasteiger partial charge on any atom is 0.0495 e. The molecule has 0 bridgehead atoms. The summed E-state index contributed by atoms with van der Waals surface area (Å²) in [5, 5.41) is 2.59. The SMILES string of the molecule is CCC(C)(C)N(c1ccc(C(C)(C)C)cc1)c1cccc2ccccc12. The lowest BCUT2D eigenvalue weighted by Crippen LogP contribution is -2.40. The van der Waals surface area contributed by atoms with E-state index in [1.54, 1.807) is 0 Å². The number of fused-ring (bicyclic) bond motifs is 1. The van der Waals surface area contributed by atoms with Gasteiger partial charge in [-0.2, -0.15) is 0 Å². The van der Waals surface area contributed by atoms with E-state index in [1.165, 1.54) is 27.7 Å². The summed E-state index contributed by atoms with van der Waals surface area (Å²) in [6, 6.07) is 24.4. The van der Waals surface area contributed by atoms with Gasteiger partial charge in [-0.05, 0) is 54.8 Å². The quantitative estimate of drug-likeness (QED) is 0.474. The van der Waals surface area contributed by atoms with Crippen LogP contribution < -0.4 is 4.90 Å². The standard InChI is InChI=1S/C25H31N/c1-7-25(5,6)26(21-17-15-20(16-18-21)24(2,3)4)23-14-10-12-19-11-8-9-13-22(19)23/h8-18H,7H2,1-6H3. The lowest BCUT2D eigenvalue weighted by Gasteiger charge is -2.41. The van der Waals surface area contributed by atoms with Crippen LogP contribution in [0, 0.1) is 0 Å². The van der Waals surface area contributed by atoms with Gasteiger partial charge in [0.15, 0.2) is 0 Å². The smallest absolute Gasteiger partial charge is 0.0495 e. The molecule has 0 aliphatic carbocycles. The first-order chi connectivity index (χ1) is 12.2. The zero-order chi connectivity index (χ0) is 18.9. The topological polar surface area (TPSA) is 3.24 Å². The minimum atomic E-state index is 0.0212. The van der Waals surface area contributed by atoms with E-state index in [-0.39, 0.29) is 11.0 Å². The monoisotopic (exact) mass is 345 g/mol. The van der Waals surface area contributed by atoms with Gasteiger partial charge in [-0.15, -0.1) is 0 Å². The molecule has 136 valence electrons. The molecule has 1 nitrogen and oxygen atoms in total. The van der Waals surface area contributed by atoms with Crippen LogP contribution in [0.4, 0.5) is 11.4 Å². The maximum absolute atomic E-state index is 2.50. The van der Waals surface area contributed by atoms with Crippen molar-refractivity contribution in [3.8, 4) is 0 Å². The molecule has 0 fully saturated rings. The number of hydrogen-bond acceptors (Lipinski definition) is 1. The van der Waals surface area contributed by atoms with Gasteiger partial charge in [0.1, 0.15) is 0 Å². The van der Waals surface area contributed by atoms with Crippen molar-refractivity contribution in [2.45, 2.75) is 58.9 Å². The molecule has 0 radical (unpaired) electrons. The van der Waals surface area contributed by atoms with Crippen LogP contribution in [0.25, 0.3) is 10.8 Å². The number of nitrogens with zero attached hydrogens (tertiary/aromatic N) is 1. The average Bonchev–Trinajstić information content (AvgIpc) is 2.62. The molecule has 0 N–H and O–H groups in total. The maximum atomic E-state index is 2.50. The van der Waals surface area contributed by atoms with Crippen LogP contribution >= 0.6 is 0 Å². The number of hydrogen-bond donors (Lipinski definition) is 0. The molecule has 26 heavy (non-hydrogen) atoms. The van der Waals surface area contributed by atoms with Gasteiger partial charge in [-0.1, -0.05) is 76.2 Å². The molecule has 0 aliphatic heterocycles. The van der Waals surface area contributed by atoms with Crippen molar-refractivity contribution in [3.05, 3.63) is 72.3 Å². The summed E-state index contributed by atoms with van der Waals surface area (Å²) in [7, 11) is 0. The molecule has 0 amide bonds. The Bertz CT molecular complexity index is 877. The molecule has 3 rings (SSSR count). The van der Waals surface area contributed by atoms with Crippen molar-refractivity contribution >= 4 is 22.1 Å². The second-order valence-corrected chi connectivity index (χ2v) is 8.80. The zero-order valence-corrected chi connectivity index (χ0v) is 17.0. The minimum absolute atomic E-state index is 0.0212. The van der Waals surface area contributed by atoms with Gasteiger partial charge in [0.05, 0.1) is 0 Å². The van der Waals surface area contributed by atoms with Crippen LogP contribution in [0.3, 0.4) is 0 Å². The number of rotatable bonds is 4.